The van der Waals surface area contributed by atoms with Gasteiger partial charge in [0.25, 0.3) is 0 Å². The van der Waals surface area contributed by atoms with Gasteiger partial charge in [-0.05, 0) is 44.2 Å². The molecule has 1 aliphatic rings. The van der Waals surface area contributed by atoms with Crippen LogP contribution < -0.4 is 11.3 Å². The van der Waals surface area contributed by atoms with Gasteiger partial charge in [0.2, 0.25) is 0 Å². The van der Waals surface area contributed by atoms with Crippen LogP contribution in [0.5, 0.6) is 0 Å². The van der Waals surface area contributed by atoms with Gasteiger partial charge in [0.1, 0.15) is 0 Å². The van der Waals surface area contributed by atoms with Crippen LogP contribution in [0.3, 0.4) is 0 Å². The lowest BCUT2D eigenvalue weighted by molar-refractivity contribution is -0.0886. The molecule has 1 saturated heterocycles. The molecule has 106 valence electrons. The summed E-state index contributed by atoms with van der Waals surface area (Å²) in [6.45, 7) is 5.12. The Labute approximate surface area is 115 Å². The number of hydrogen-bond acceptors (Lipinski definition) is 4. The Hall–Kier alpha value is -0.970. The molecule has 19 heavy (non-hydrogen) atoms. The maximum atomic E-state index is 5.97. The fourth-order valence-corrected chi connectivity index (χ4v) is 2.68. The summed E-state index contributed by atoms with van der Waals surface area (Å²) in [5.74, 6) is 5.73. The lowest BCUT2D eigenvalue weighted by atomic mass is 9.86. The van der Waals surface area contributed by atoms with Crippen molar-refractivity contribution < 1.29 is 4.74 Å². The predicted molar refractivity (Wildman–Crippen MR) is 76.6 cm³/mol. The van der Waals surface area contributed by atoms with E-state index in [1.165, 1.54) is 12.0 Å². The van der Waals surface area contributed by atoms with Crippen molar-refractivity contribution in [2.45, 2.75) is 57.6 Å². The van der Waals surface area contributed by atoms with Gasteiger partial charge < -0.3 is 4.74 Å². The van der Waals surface area contributed by atoms with Crippen molar-refractivity contribution >= 4 is 0 Å². The summed E-state index contributed by atoms with van der Waals surface area (Å²) in [5.41, 5.74) is 5.07. The number of rotatable bonds is 5. The summed E-state index contributed by atoms with van der Waals surface area (Å²) in [4.78, 5) is 4.51. The van der Waals surface area contributed by atoms with E-state index in [4.69, 9.17) is 10.6 Å². The topological polar surface area (TPSA) is 60.2 Å². The van der Waals surface area contributed by atoms with Crippen molar-refractivity contribution in [2.75, 3.05) is 6.61 Å². The molecule has 0 aromatic carbocycles. The first-order valence-electron chi connectivity index (χ1n) is 7.22. The molecule has 1 aromatic heterocycles. The molecular weight excluding hydrogens is 238 g/mol. The molecule has 1 fully saturated rings. The van der Waals surface area contributed by atoms with Gasteiger partial charge in [0, 0.05) is 24.9 Å². The van der Waals surface area contributed by atoms with Gasteiger partial charge >= 0.3 is 0 Å². The minimum Gasteiger partial charge on any atom is -0.374 e. The molecule has 2 unspecified atom stereocenters. The first-order valence-corrected chi connectivity index (χ1v) is 7.22. The van der Waals surface area contributed by atoms with Gasteiger partial charge in [-0.1, -0.05) is 13.0 Å². The number of pyridine rings is 1. The number of ether oxygens (including phenoxy) is 1. The smallest absolute Gasteiger partial charge is 0.0824 e. The molecule has 0 aliphatic carbocycles. The summed E-state index contributed by atoms with van der Waals surface area (Å²) in [5, 5.41) is 0. The minimum atomic E-state index is -0.182. The van der Waals surface area contributed by atoms with Crippen LogP contribution in [0.25, 0.3) is 0 Å². The SMILES string of the molecule is CCc1ccc(CC(NN)C2(C)CCCCO2)nc1. The largest absolute Gasteiger partial charge is 0.374 e. The molecule has 0 spiro atoms. The quantitative estimate of drug-likeness (QED) is 0.630. The molecule has 1 aliphatic heterocycles. The summed E-state index contributed by atoms with van der Waals surface area (Å²) in [6, 6.07) is 4.34. The number of hydrazine groups is 1. The van der Waals surface area contributed by atoms with Gasteiger partial charge in [0.15, 0.2) is 0 Å². The lowest BCUT2D eigenvalue weighted by Gasteiger charge is -2.40. The number of hydrogen-bond donors (Lipinski definition) is 2. The predicted octanol–water partition coefficient (Wildman–Crippen LogP) is 1.98. The van der Waals surface area contributed by atoms with E-state index in [0.29, 0.717) is 0 Å². The van der Waals surface area contributed by atoms with Crippen LogP contribution >= 0.6 is 0 Å². The first kappa shape index (κ1) is 14.4. The van der Waals surface area contributed by atoms with Crippen LogP contribution in [0.1, 0.15) is 44.4 Å². The maximum Gasteiger partial charge on any atom is 0.0824 e. The number of nitrogens with two attached hydrogens (primary N) is 1. The molecule has 3 N–H and O–H groups in total. The molecule has 0 radical (unpaired) electrons. The van der Waals surface area contributed by atoms with Crippen molar-refractivity contribution in [1.82, 2.24) is 10.4 Å². The van der Waals surface area contributed by atoms with Gasteiger partial charge in [-0.25, -0.2) is 0 Å². The van der Waals surface area contributed by atoms with Crippen LogP contribution in [0.2, 0.25) is 0 Å². The van der Waals surface area contributed by atoms with Gasteiger partial charge in [-0.2, -0.15) is 0 Å². The highest BCUT2D eigenvalue weighted by Crippen LogP contribution is 2.29. The third kappa shape index (κ3) is 3.53. The van der Waals surface area contributed by atoms with Crippen molar-refractivity contribution in [2.24, 2.45) is 5.84 Å². The Morgan fingerprint density at radius 3 is 2.84 bits per heavy atom. The molecule has 0 amide bonds. The van der Waals surface area contributed by atoms with E-state index in [-0.39, 0.29) is 11.6 Å². The van der Waals surface area contributed by atoms with E-state index in [1.807, 2.05) is 6.20 Å². The highest BCUT2D eigenvalue weighted by Gasteiger charge is 2.36. The van der Waals surface area contributed by atoms with E-state index < -0.39 is 0 Å². The molecule has 2 heterocycles. The van der Waals surface area contributed by atoms with Gasteiger partial charge in [0.05, 0.1) is 11.6 Å². The fraction of sp³-hybridized carbons (Fsp3) is 0.667. The highest BCUT2D eigenvalue weighted by atomic mass is 16.5. The molecule has 1 aromatic rings. The standard InChI is InChI=1S/C15H25N3O/c1-3-12-6-7-13(17-11-12)10-14(18-16)15(2)8-4-5-9-19-15/h6-7,11,14,18H,3-5,8-10,16H2,1-2H3. The average molecular weight is 263 g/mol. The Balaban J connectivity index is 2.04. The van der Waals surface area contributed by atoms with Gasteiger partial charge in [-0.3, -0.25) is 16.3 Å². The van der Waals surface area contributed by atoms with E-state index in [9.17, 15) is 0 Å². The monoisotopic (exact) mass is 263 g/mol. The number of aryl methyl sites for hydroxylation is 1. The van der Waals surface area contributed by atoms with E-state index in [1.54, 1.807) is 0 Å². The number of nitrogens with one attached hydrogen (secondary N) is 1. The molecule has 0 bridgehead atoms. The van der Waals surface area contributed by atoms with Gasteiger partial charge in [-0.15, -0.1) is 0 Å². The molecule has 2 rings (SSSR count). The van der Waals surface area contributed by atoms with Crippen molar-refractivity contribution in [3.8, 4) is 0 Å². The fourth-order valence-electron chi connectivity index (χ4n) is 2.68. The van der Waals surface area contributed by atoms with E-state index in [0.717, 1.165) is 38.0 Å². The second-order valence-electron chi connectivity index (χ2n) is 5.55. The van der Waals surface area contributed by atoms with Crippen LogP contribution in [0.4, 0.5) is 0 Å². The number of nitrogens with zero attached hydrogens (tertiary/aromatic N) is 1. The van der Waals surface area contributed by atoms with Crippen LogP contribution in [-0.2, 0) is 17.6 Å². The first-order chi connectivity index (χ1) is 9.18. The second kappa shape index (κ2) is 6.46. The lowest BCUT2D eigenvalue weighted by Crippen LogP contribution is -2.55. The number of aromatic nitrogens is 1. The molecule has 4 nitrogen and oxygen atoms in total. The normalized spacial score (nSPS) is 25.2. The molecule has 4 heteroatoms. The average Bonchev–Trinajstić information content (AvgIpc) is 2.46. The Morgan fingerprint density at radius 2 is 2.32 bits per heavy atom. The molecule has 0 saturated carbocycles. The Morgan fingerprint density at radius 1 is 1.47 bits per heavy atom. The summed E-state index contributed by atoms with van der Waals surface area (Å²) < 4.78 is 5.97. The van der Waals surface area contributed by atoms with Crippen molar-refractivity contribution in [3.05, 3.63) is 29.6 Å². The second-order valence-corrected chi connectivity index (χ2v) is 5.55. The zero-order valence-electron chi connectivity index (χ0n) is 12.0. The van der Waals surface area contributed by atoms with Crippen LogP contribution in [-0.4, -0.2) is 23.2 Å². The minimum absolute atomic E-state index is 0.104. The summed E-state index contributed by atoms with van der Waals surface area (Å²) in [7, 11) is 0. The molecular formula is C15H25N3O. The third-order valence-electron chi connectivity index (χ3n) is 4.15. The zero-order chi connectivity index (χ0) is 13.7. The summed E-state index contributed by atoms with van der Waals surface area (Å²) in [6.07, 6.45) is 7.18. The maximum absolute atomic E-state index is 5.97. The van der Waals surface area contributed by atoms with Crippen molar-refractivity contribution in [3.63, 3.8) is 0 Å². The molecule has 2 atom stereocenters. The Bertz CT molecular complexity index is 385. The van der Waals surface area contributed by atoms with Crippen LogP contribution in [0, 0.1) is 0 Å². The van der Waals surface area contributed by atoms with E-state index in [2.05, 4.69) is 36.4 Å². The Kier molecular flexibility index (Phi) is 4.91. The zero-order valence-corrected chi connectivity index (χ0v) is 12.0. The third-order valence-corrected chi connectivity index (χ3v) is 4.15. The van der Waals surface area contributed by atoms with Crippen molar-refractivity contribution in [1.29, 1.82) is 0 Å². The van der Waals surface area contributed by atoms with E-state index >= 15 is 0 Å². The highest BCUT2D eigenvalue weighted by molar-refractivity contribution is 5.15. The van der Waals surface area contributed by atoms with Crippen LogP contribution in [0.15, 0.2) is 18.3 Å². The summed E-state index contributed by atoms with van der Waals surface area (Å²) >= 11 is 0.